The van der Waals surface area contributed by atoms with E-state index in [1.807, 2.05) is 20.0 Å². The predicted molar refractivity (Wildman–Crippen MR) is 83.5 cm³/mol. The second-order valence-corrected chi connectivity index (χ2v) is 6.16. The molecule has 1 rings (SSSR count). The fraction of sp³-hybridized carbons (Fsp3) is 0.625. The molecule has 0 saturated carbocycles. The SMILES string of the molecule is CNCC(Oc1cc(C(C)C)c(Cl)cc1C)C(C)C. The van der Waals surface area contributed by atoms with Gasteiger partial charge in [-0.2, -0.15) is 0 Å². The summed E-state index contributed by atoms with van der Waals surface area (Å²) in [6, 6.07) is 4.09. The quantitative estimate of drug-likeness (QED) is 0.836. The van der Waals surface area contributed by atoms with Gasteiger partial charge < -0.3 is 10.1 Å². The summed E-state index contributed by atoms with van der Waals surface area (Å²) in [4.78, 5) is 0. The summed E-state index contributed by atoms with van der Waals surface area (Å²) in [5.41, 5.74) is 2.24. The molecule has 1 unspecified atom stereocenters. The Balaban J connectivity index is 3.02. The molecule has 3 heteroatoms. The average Bonchev–Trinajstić information content (AvgIpc) is 2.30. The summed E-state index contributed by atoms with van der Waals surface area (Å²) in [5.74, 6) is 1.81. The molecule has 0 aliphatic carbocycles. The molecule has 0 radical (unpaired) electrons. The van der Waals surface area contributed by atoms with E-state index >= 15 is 0 Å². The molecule has 0 bridgehead atoms. The summed E-state index contributed by atoms with van der Waals surface area (Å²) < 4.78 is 6.17. The molecule has 0 aromatic heterocycles. The molecule has 0 heterocycles. The monoisotopic (exact) mass is 283 g/mol. The van der Waals surface area contributed by atoms with Crippen LogP contribution in [0, 0.1) is 12.8 Å². The van der Waals surface area contributed by atoms with Crippen LogP contribution in [-0.2, 0) is 0 Å². The predicted octanol–water partition coefficient (Wildman–Crippen LogP) is 4.39. The largest absolute Gasteiger partial charge is 0.489 e. The maximum atomic E-state index is 6.29. The van der Waals surface area contributed by atoms with Crippen LogP contribution in [0.1, 0.15) is 44.7 Å². The van der Waals surface area contributed by atoms with Gasteiger partial charge in [-0.3, -0.25) is 0 Å². The Hall–Kier alpha value is -0.730. The highest BCUT2D eigenvalue weighted by Gasteiger charge is 2.17. The van der Waals surface area contributed by atoms with Crippen molar-refractivity contribution in [2.45, 2.75) is 46.6 Å². The van der Waals surface area contributed by atoms with Gasteiger partial charge >= 0.3 is 0 Å². The zero-order valence-corrected chi connectivity index (χ0v) is 13.6. The van der Waals surface area contributed by atoms with Gasteiger partial charge in [-0.05, 0) is 49.1 Å². The molecule has 0 spiro atoms. The van der Waals surface area contributed by atoms with Crippen molar-refractivity contribution in [2.75, 3.05) is 13.6 Å². The first kappa shape index (κ1) is 16.3. The number of nitrogens with one attached hydrogen (secondary N) is 1. The molecule has 0 fully saturated rings. The highest BCUT2D eigenvalue weighted by atomic mass is 35.5. The van der Waals surface area contributed by atoms with E-state index in [9.17, 15) is 0 Å². The minimum atomic E-state index is 0.171. The van der Waals surface area contributed by atoms with Crippen molar-refractivity contribution in [3.8, 4) is 5.75 Å². The Morgan fingerprint density at radius 2 is 1.84 bits per heavy atom. The summed E-state index contributed by atoms with van der Waals surface area (Å²) >= 11 is 6.29. The Kier molecular flexibility index (Phi) is 6.15. The number of likely N-dealkylation sites (N-methyl/N-ethyl adjacent to an activating group) is 1. The van der Waals surface area contributed by atoms with E-state index in [1.165, 1.54) is 0 Å². The second kappa shape index (κ2) is 7.16. The van der Waals surface area contributed by atoms with Gasteiger partial charge in [-0.25, -0.2) is 0 Å². The van der Waals surface area contributed by atoms with E-state index in [0.29, 0.717) is 11.8 Å². The number of halogens is 1. The highest BCUT2D eigenvalue weighted by Crippen LogP contribution is 2.32. The first-order valence-corrected chi connectivity index (χ1v) is 7.35. The van der Waals surface area contributed by atoms with Gasteiger partial charge in [0.15, 0.2) is 0 Å². The van der Waals surface area contributed by atoms with Gasteiger partial charge in [-0.15, -0.1) is 0 Å². The van der Waals surface area contributed by atoms with E-state index in [-0.39, 0.29) is 6.10 Å². The first-order chi connectivity index (χ1) is 8.86. The van der Waals surface area contributed by atoms with Gasteiger partial charge in [0, 0.05) is 11.6 Å². The van der Waals surface area contributed by atoms with Crippen molar-refractivity contribution in [1.82, 2.24) is 5.32 Å². The lowest BCUT2D eigenvalue weighted by molar-refractivity contribution is 0.150. The van der Waals surface area contributed by atoms with Crippen LogP contribution in [0.15, 0.2) is 12.1 Å². The number of hydrogen-bond donors (Lipinski definition) is 1. The van der Waals surface area contributed by atoms with E-state index < -0.39 is 0 Å². The van der Waals surface area contributed by atoms with Crippen molar-refractivity contribution in [1.29, 1.82) is 0 Å². The maximum Gasteiger partial charge on any atom is 0.123 e. The molecule has 0 saturated heterocycles. The number of ether oxygens (including phenoxy) is 1. The highest BCUT2D eigenvalue weighted by molar-refractivity contribution is 6.31. The third-order valence-corrected chi connectivity index (χ3v) is 3.67. The van der Waals surface area contributed by atoms with Crippen molar-refractivity contribution >= 4 is 11.6 Å². The lowest BCUT2D eigenvalue weighted by atomic mass is 10.0. The Morgan fingerprint density at radius 1 is 1.21 bits per heavy atom. The molecule has 0 amide bonds. The number of aryl methyl sites for hydroxylation is 1. The van der Waals surface area contributed by atoms with Crippen LogP contribution in [0.4, 0.5) is 0 Å². The minimum absolute atomic E-state index is 0.171. The Bertz CT molecular complexity index is 415. The van der Waals surface area contributed by atoms with E-state index in [1.54, 1.807) is 0 Å². The van der Waals surface area contributed by atoms with Crippen LogP contribution >= 0.6 is 11.6 Å². The van der Waals surface area contributed by atoms with Gasteiger partial charge in [-0.1, -0.05) is 39.3 Å². The molecule has 0 aliphatic rings. The fourth-order valence-corrected chi connectivity index (χ4v) is 2.45. The van der Waals surface area contributed by atoms with E-state index in [0.717, 1.165) is 28.4 Å². The van der Waals surface area contributed by atoms with E-state index in [4.69, 9.17) is 16.3 Å². The van der Waals surface area contributed by atoms with E-state index in [2.05, 4.69) is 39.1 Å². The Morgan fingerprint density at radius 3 is 2.32 bits per heavy atom. The number of rotatable bonds is 6. The molecule has 19 heavy (non-hydrogen) atoms. The van der Waals surface area contributed by atoms with Crippen LogP contribution in [0.3, 0.4) is 0 Å². The fourth-order valence-electron chi connectivity index (χ4n) is 2.02. The third-order valence-electron chi connectivity index (χ3n) is 3.34. The summed E-state index contributed by atoms with van der Waals surface area (Å²) in [7, 11) is 1.95. The van der Waals surface area contributed by atoms with Crippen molar-refractivity contribution in [2.24, 2.45) is 5.92 Å². The zero-order chi connectivity index (χ0) is 14.6. The normalized spacial score (nSPS) is 13.1. The maximum absolute atomic E-state index is 6.29. The average molecular weight is 284 g/mol. The lowest BCUT2D eigenvalue weighted by Crippen LogP contribution is -2.33. The van der Waals surface area contributed by atoms with Crippen molar-refractivity contribution in [3.63, 3.8) is 0 Å². The van der Waals surface area contributed by atoms with Gasteiger partial charge in [0.05, 0.1) is 0 Å². The van der Waals surface area contributed by atoms with Crippen LogP contribution in [0.5, 0.6) is 5.75 Å². The molecule has 1 atom stereocenters. The van der Waals surface area contributed by atoms with Gasteiger partial charge in [0.1, 0.15) is 11.9 Å². The summed E-state index contributed by atoms with van der Waals surface area (Å²) in [6.07, 6.45) is 0.171. The van der Waals surface area contributed by atoms with Crippen LogP contribution in [0.2, 0.25) is 5.02 Å². The zero-order valence-electron chi connectivity index (χ0n) is 12.9. The molecule has 0 aliphatic heterocycles. The standard InChI is InChI=1S/C16H26ClNO/c1-10(2)13-8-15(12(5)7-14(13)17)19-16(9-18-6)11(3)4/h7-8,10-11,16,18H,9H2,1-6H3. The number of hydrogen-bond acceptors (Lipinski definition) is 2. The molecular formula is C16H26ClNO. The smallest absolute Gasteiger partial charge is 0.123 e. The lowest BCUT2D eigenvalue weighted by Gasteiger charge is -2.24. The van der Waals surface area contributed by atoms with Crippen molar-refractivity contribution in [3.05, 3.63) is 28.3 Å². The van der Waals surface area contributed by atoms with Crippen LogP contribution < -0.4 is 10.1 Å². The van der Waals surface area contributed by atoms with Crippen molar-refractivity contribution < 1.29 is 4.74 Å². The van der Waals surface area contributed by atoms with Gasteiger partial charge in [0.25, 0.3) is 0 Å². The second-order valence-electron chi connectivity index (χ2n) is 5.75. The minimum Gasteiger partial charge on any atom is -0.489 e. The molecule has 1 aromatic rings. The molecular weight excluding hydrogens is 258 g/mol. The summed E-state index contributed by atoms with van der Waals surface area (Å²) in [6.45, 7) is 11.5. The molecule has 1 aromatic carbocycles. The molecule has 1 N–H and O–H groups in total. The Labute approximate surface area is 122 Å². The summed E-state index contributed by atoms with van der Waals surface area (Å²) in [5, 5.41) is 4.01. The first-order valence-electron chi connectivity index (χ1n) is 6.98. The topological polar surface area (TPSA) is 21.3 Å². The van der Waals surface area contributed by atoms with Crippen LogP contribution in [-0.4, -0.2) is 19.7 Å². The third kappa shape index (κ3) is 4.39. The molecule has 2 nitrogen and oxygen atoms in total. The molecule has 108 valence electrons. The number of benzene rings is 1. The van der Waals surface area contributed by atoms with Gasteiger partial charge in [0.2, 0.25) is 0 Å². The van der Waals surface area contributed by atoms with Crippen LogP contribution in [0.25, 0.3) is 0 Å².